The largest absolute Gasteiger partial charge is 0.464 e. The van der Waals surface area contributed by atoms with E-state index in [0.717, 1.165) is 36.8 Å². The van der Waals surface area contributed by atoms with E-state index in [9.17, 15) is 0 Å². The molecule has 1 aromatic heterocycles. The van der Waals surface area contributed by atoms with Gasteiger partial charge in [0.1, 0.15) is 18.1 Å². The summed E-state index contributed by atoms with van der Waals surface area (Å²) >= 11 is 0. The van der Waals surface area contributed by atoms with Crippen LogP contribution in [0.2, 0.25) is 0 Å². The van der Waals surface area contributed by atoms with Crippen molar-refractivity contribution in [1.82, 2.24) is 5.32 Å². The van der Waals surface area contributed by atoms with Crippen LogP contribution in [-0.2, 0) is 17.9 Å². The molecule has 4 rings (SSSR count). The van der Waals surface area contributed by atoms with E-state index in [2.05, 4.69) is 11.4 Å². The van der Waals surface area contributed by atoms with E-state index in [1.165, 1.54) is 16.7 Å². The molecule has 0 aliphatic carbocycles. The van der Waals surface area contributed by atoms with E-state index in [1.807, 2.05) is 25.1 Å². The molecule has 1 unspecified atom stereocenters. The molecule has 0 radical (unpaired) electrons. The molecule has 1 atom stereocenters. The molecule has 2 aromatic rings. The molecule has 0 spiro atoms. The number of furan rings is 1. The van der Waals surface area contributed by atoms with Crippen molar-refractivity contribution in [2.24, 2.45) is 0 Å². The van der Waals surface area contributed by atoms with E-state index in [0.29, 0.717) is 6.61 Å². The summed E-state index contributed by atoms with van der Waals surface area (Å²) in [6, 6.07) is 8.07. The van der Waals surface area contributed by atoms with Crippen molar-refractivity contribution in [1.29, 1.82) is 0 Å². The highest BCUT2D eigenvalue weighted by Gasteiger charge is 2.31. The van der Waals surface area contributed by atoms with Crippen LogP contribution < -0.4 is 10.2 Å². The van der Waals surface area contributed by atoms with Crippen molar-refractivity contribution < 1.29 is 14.2 Å². The minimum atomic E-state index is 0.200. The van der Waals surface area contributed by atoms with Gasteiger partial charge in [0.2, 0.25) is 0 Å². The minimum Gasteiger partial charge on any atom is -0.464 e. The van der Waals surface area contributed by atoms with Crippen LogP contribution in [0.4, 0.5) is 0 Å². The van der Waals surface area contributed by atoms with Crippen molar-refractivity contribution in [2.45, 2.75) is 25.8 Å². The molecule has 0 amide bonds. The zero-order chi connectivity index (χ0) is 13.5. The number of benzene rings is 1. The van der Waals surface area contributed by atoms with Gasteiger partial charge in [0.05, 0.1) is 6.54 Å². The van der Waals surface area contributed by atoms with Gasteiger partial charge < -0.3 is 14.6 Å². The van der Waals surface area contributed by atoms with Crippen LogP contribution in [0.5, 0.6) is 5.75 Å². The first-order chi connectivity index (χ1) is 9.84. The van der Waals surface area contributed by atoms with Gasteiger partial charge in [-0.3, -0.25) is 0 Å². The van der Waals surface area contributed by atoms with Crippen molar-refractivity contribution >= 4 is 0 Å². The van der Waals surface area contributed by atoms with Crippen molar-refractivity contribution in [3.8, 4) is 5.75 Å². The fourth-order valence-electron chi connectivity index (χ4n) is 3.29. The zero-order valence-electron chi connectivity index (χ0n) is 11.4. The van der Waals surface area contributed by atoms with Crippen molar-refractivity contribution in [2.75, 3.05) is 13.2 Å². The third-order valence-corrected chi connectivity index (χ3v) is 4.18. The predicted molar refractivity (Wildman–Crippen MR) is 73.7 cm³/mol. The summed E-state index contributed by atoms with van der Waals surface area (Å²) in [6.45, 7) is 4.41. The molecule has 0 saturated heterocycles. The lowest BCUT2D eigenvalue weighted by Crippen LogP contribution is -2.25. The van der Waals surface area contributed by atoms with Gasteiger partial charge >= 0.3 is 0 Å². The summed E-state index contributed by atoms with van der Waals surface area (Å²) in [4.78, 5) is 10.6. The molecule has 3 heterocycles. The Labute approximate surface area is 117 Å². The molecular weight excluding hydrogens is 254 g/mol. The van der Waals surface area contributed by atoms with Crippen LogP contribution in [-0.4, -0.2) is 13.2 Å². The summed E-state index contributed by atoms with van der Waals surface area (Å²) in [6.07, 6.45) is 1.02. The van der Waals surface area contributed by atoms with Gasteiger partial charge in [-0.1, -0.05) is 18.2 Å². The molecule has 0 bridgehead atoms. The number of fused-ring (bicyclic) bond motifs is 2. The molecule has 4 nitrogen and oxygen atoms in total. The number of aryl methyl sites for hydroxylation is 1. The maximum absolute atomic E-state index is 5.95. The Morgan fingerprint density at radius 1 is 1.25 bits per heavy atom. The second-order valence-corrected chi connectivity index (χ2v) is 5.36. The summed E-state index contributed by atoms with van der Waals surface area (Å²) in [5.41, 5.74) is 3.83. The summed E-state index contributed by atoms with van der Waals surface area (Å²) < 4.78 is 5.95. The molecule has 0 saturated carbocycles. The number of nitrogens with one attached hydrogen (secondary N) is 1. The van der Waals surface area contributed by atoms with Crippen molar-refractivity contribution in [3.05, 3.63) is 52.5 Å². The third kappa shape index (κ3) is 1.76. The molecule has 4 heteroatoms. The predicted octanol–water partition coefficient (Wildman–Crippen LogP) is 2.69. The highest BCUT2D eigenvalue weighted by atomic mass is 17.2. The van der Waals surface area contributed by atoms with Crippen LogP contribution in [0, 0.1) is 6.92 Å². The lowest BCUT2D eigenvalue weighted by molar-refractivity contribution is -0.219. The molecule has 1 aromatic carbocycles. The van der Waals surface area contributed by atoms with E-state index in [1.54, 1.807) is 0 Å². The first kappa shape index (κ1) is 12.0. The third-order valence-electron chi connectivity index (χ3n) is 4.18. The summed E-state index contributed by atoms with van der Waals surface area (Å²) in [7, 11) is 0. The first-order valence-corrected chi connectivity index (χ1v) is 7.04. The highest BCUT2D eigenvalue weighted by Crippen LogP contribution is 2.40. The molecule has 20 heavy (non-hydrogen) atoms. The Hall–Kier alpha value is -1.78. The van der Waals surface area contributed by atoms with Crippen LogP contribution in [0.15, 0.2) is 28.7 Å². The first-order valence-electron chi connectivity index (χ1n) is 7.04. The highest BCUT2D eigenvalue weighted by molar-refractivity contribution is 5.48. The van der Waals surface area contributed by atoms with Gasteiger partial charge in [-0.15, -0.1) is 0 Å². The normalized spacial score (nSPS) is 20.9. The Morgan fingerprint density at radius 3 is 3.10 bits per heavy atom. The maximum Gasteiger partial charge on any atom is 0.169 e. The fourth-order valence-corrected chi connectivity index (χ4v) is 3.29. The zero-order valence-corrected chi connectivity index (χ0v) is 11.4. The van der Waals surface area contributed by atoms with Crippen LogP contribution in [0.3, 0.4) is 0 Å². The Kier molecular flexibility index (Phi) is 2.79. The average molecular weight is 271 g/mol. The van der Waals surface area contributed by atoms with Crippen LogP contribution >= 0.6 is 0 Å². The molecular formula is C16H17NO3. The molecule has 2 aliphatic heterocycles. The lowest BCUT2D eigenvalue weighted by atomic mass is 9.86. The number of hydrogen-bond donors (Lipinski definition) is 1. The number of rotatable bonds is 1. The van der Waals surface area contributed by atoms with Crippen LogP contribution in [0.25, 0.3) is 0 Å². The van der Waals surface area contributed by atoms with Gasteiger partial charge in [-0.05, 0) is 26.0 Å². The Balaban J connectivity index is 1.85. The average Bonchev–Trinajstić information content (AvgIpc) is 2.82. The monoisotopic (exact) mass is 271 g/mol. The number of para-hydroxylation sites is 1. The van der Waals surface area contributed by atoms with Crippen LogP contribution in [0.1, 0.15) is 34.1 Å². The topological polar surface area (TPSA) is 43.6 Å². The molecule has 0 fully saturated rings. The summed E-state index contributed by atoms with van der Waals surface area (Å²) in [5, 5.41) is 3.35. The van der Waals surface area contributed by atoms with E-state index in [4.69, 9.17) is 14.2 Å². The smallest absolute Gasteiger partial charge is 0.169 e. The van der Waals surface area contributed by atoms with Crippen molar-refractivity contribution in [3.63, 3.8) is 0 Å². The second-order valence-electron chi connectivity index (χ2n) is 5.36. The van der Waals surface area contributed by atoms with E-state index in [-0.39, 0.29) is 5.92 Å². The van der Waals surface area contributed by atoms with Gasteiger partial charge in [-0.2, -0.15) is 4.89 Å². The quantitative estimate of drug-likeness (QED) is 0.810. The Morgan fingerprint density at radius 2 is 2.15 bits per heavy atom. The SMILES string of the molecule is Cc1oc2c(c1C1COOc3ccccc31)CCNC2. The van der Waals surface area contributed by atoms with E-state index >= 15 is 0 Å². The van der Waals surface area contributed by atoms with Gasteiger partial charge in [0.25, 0.3) is 0 Å². The minimum absolute atomic E-state index is 0.200. The van der Waals surface area contributed by atoms with Gasteiger partial charge in [0, 0.05) is 22.6 Å². The second kappa shape index (κ2) is 4.65. The Bertz CT molecular complexity index is 647. The van der Waals surface area contributed by atoms with Gasteiger partial charge in [-0.25, -0.2) is 0 Å². The molecule has 2 aliphatic rings. The molecule has 104 valence electrons. The molecule has 1 N–H and O–H groups in total. The standard InChI is InChI=1S/C16H17NO3/c1-10-16(12-6-7-17-8-15(12)19-10)13-9-18-20-14-5-3-2-4-11(13)14/h2-5,13,17H,6-9H2,1H3. The lowest BCUT2D eigenvalue weighted by Gasteiger charge is -2.25. The fraction of sp³-hybridized carbons (Fsp3) is 0.375. The number of hydrogen-bond acceptors (Lipinski definition) is 4. The summed E-state index contributed by atoms with van der Waals surface area (Å²) in [5.74, 6) is 3.09. The van der Waals surface area contributed by atoms with Gasteiger partial charge in [0.15, 0.2) is 5.75 Å². The van der Waals surface area contributed by atoms with E-state index < -0.39 is 0 Å². The maximum atomic E-state index is 5.95.